The summed E-state index contributed by atoms with van der Waals surface area (Å²) in [4.78, 5) is 22.5. The molecule has 3 heterocycles. The summed E-state index contributed by atoms with van der Waals surface area (Å²) in [5.74, 6) is 2.57. The normalized spacial score (nSPS) is 17.2. The Hall–Kier alpha value is -3.68. The van der Waals surface area contributed by atoms with Crippen molar-refractivity contribution < 1.29 is 14.3 Å². The zero-order valence-corrected chi connectivity index (χ0v) is 20.2. The molecule has 0 unspecified atom stereocenters. The topological polar surface area (TPSA) is 91.2 Å². The third-order valence-electron chi connectivity index (χ3n) is 6.39. The average molecular weight is 460 g/mol. The van der Waals surface area contributed by atoms with Gasteiger partial charge in [-0.15, -0.1) is 0 Å². The lowest BCUT2D eigenvalue weighted by atomic mass is 9.76. The minimum Gasteiger partial charge on any atom is -0.493 e. The molecule has 5 rings (SSSR count). The van der Waals surface area contributed by atoms with E-state index in [9.17, 15) is 4.79 Å². The number of aryl methyl sites for hydroxylation is 3. The molecular weight excluding hydrogens is 430 g/mol. The van der Waals surface area contributed by atoms with Crippen molar-refractivity contribution in [3.8, 4) is 17.4 Å². The van der Waals surface area contributed by atoms with E-state index in [0.29, 0.717) is 30.5 Å². The third-order valence-corrected chi connectivity index (χ3v) is 6.39. The van der Waals surface area contributed by atoms with Crippen LogP contribution in [0.5, 0.6) is 11.5 Å². The van der Waals surface area contributed by atoms with Crippen LogP contribution in [-0.2, 0) is 4.79 Å². The second-order valence-corrected chi connectivity index (χ2v) is 8.78. The number of nitrogens with one attached hydrogen (secondary N) is 1. The van der Waals surface area contributed by atoms with Crippen molar-refractivity contribution in [2.24, 2.45) is 0 Å². The predicted octanol–water partition coefficient (Wildman–Crippen LogP) is 4.56. The van der Waals surface area contributed by atoms with Crippen LogP contribution in [0.2, 0.25) is 0 Å². The van der Waals surface area contributed by atoms with Crippen LogP contribution in [0.25, 0.3) is 5.95 Å². The Balaban J connectivity index is 1.73. The van der Waals surface area contributed by atoms with Crippen LogP contribution in [0.15, 0.2) is 35.5 Å². The number of Topliss-reactive ketones (excluding diaryl/α,β-unsaturated/α-hetero) is 1. The molecule has 34 heavy (non-hydrogen) atoms. The second kappa shape index (κ2) is 8.59. The van der Waals surface area contributed by atoms with Crippen molar-refractivity contribution in [2.45, 2.75) is 52.9 Å². The number of carbonyl (C=O) groups excluding carboxylic acids is 1. The molecule has 0 bridgehead atoms. The van der Waals surface area contributed by atoms with Gasteiger partial charge < -0.3 is 14.8 Å². The van der Waals surface area contributed by atoms with E-state index in [0.717, 1.165) is 58.1 Å². The number of benzene rings is 1. The van der Waals surface area contributed by atoms with E-state index in [1.807, 2.05) is 52.0 Å². The van der Waals surface area contributed by atoms with Gasteiger partial charge in [-0.1, -0.05) is 6.07 Å². The van der Waals surface area contributed by atoms with Crippen LogP contribution >= 0.6 is 0 Å². The minimum atomic E-state index is -0.261. The SMILES string of the molecule is CCOc1ccc([C@@H]2C3=C(CCCC3=O)Nc3c2c(C)nn3-c2nc(C)cc(C)n2)cc1OC. The molecule has 0 saturated heterocycles. The number of ketones is 1. The zero-order valence-electron chi connectivity index (χ0n) is 20.2. The number of hydrogen-bond acceptors (Lipinski definition) is 7. The van der Waals surface area contributed by atoms with Gasteiger partial charge in [0.1, 0.15) is 5.82 Å². The lowest BCUT2D eigenvalue weighted by molar-refractivity contribution is -0.116. The standard InChI is InChI=1S/C26H29N5O3/c1-6-34-20-11-10-17(13-21(20)33-5)23-22-16(4)30-31(26-27-14(2)12-15(3)28-26)25(22)29-18-8-7-9-19(32)24(18)23/h10-13,23,29H,6-9H2,1-5H3/t23-/m0/s1. The summed E-state index contributed by atoms with van der Waals surface area (Å²) < 4.78 is 13.1. The lowest BCUT2D eigenvalue weighted by Crippen LogP contribution is -2.27. The number of allylic oxidation sites excluding steroid dienone is 2. The summed E-state index contributed by atoms with van der Waals surface area (Å²) in [5.41, 5.74) is 6.27. The maximum Gasteiger partial charge on any atom is 0.252 e. The maximum atomic E-state index is 13.2. The Morgan fingerprint density at radius 2 is 1.85 bits per heavy atom. The largest absolute Gasteiger partial charge is 0.493 e. The fraction of sp³-hybridized carbons (Fsp3) is 0.385. The molecule has 2 aromatic heterocycles. The molecule has 0 spiro atoms. The van der Waals surface area contributed by atoms with Gasteiger partial charge in [0.15, 0.2) is 17.3 Å². The van der Waals surface area contributed by atoms with Crippen molar-refractivity contribution in [1.29, 1.82) is 0 Å². The van der Waals surface area contributed by atoms with Crippen molar-refractivity contribution in [1.82, 2.24) is 19.7 Å². The highest BCUT2D eigenvalue weighted by molar-refractivity contribution is 6.01. The number of aromatic nitrogens is 4. The fourth-order valence-corrected chi connectivity index (χ4v) is 5.04. The monoisotopic (exact) mass is 459 g/mol. The van der Waals surface area contributed by atoms with Gasteiger partial charge in [-0.3, -0.25) is 4.79 Å². The van der Waals surface area contributed by atoms with E-state index in [4.69, 9.17) is 14.6 Å². The highest BCUT2D eigenvalue weighted by Crippen LogP contribution is 2.48. The summed E-state index contributed by atoms with van der Waals surface area (Å²) in [6, 6.07) is 7.85. The average Bonchev–Trinajstić information content (AvgIpc) is 3.14. The molecule has 0 fully saturated rings. The summed E-state index contributed by atoms with van der Waals surface area (Å²) in [6.07, 6.45) is 2.18. The van der Waals surface area contributed by atoms with Crippen LogP contribution < -0.4 is 14.8 Å². The number of methoxy groups -OCH3 is 1. The van der Waals surface area contributed by atoms with E-state index in [1.165, 1.54) is 0 Å². The Morgan fingerprint density at radius 3 is 2.56 bits per heavy atom. The van der Waals surface area contributed by atoms with Gasteiger partial charge in [0.2, 0.25) is 0 Å². The van der Waals surface area contributed by atoms with Gasteiger partial charge >= 0.3 is 0 Å². The molecule has 0 saturated carbocycles. The van der Waals surface area contributed by atoms with Crippen LogP contribution in [0.3, 0.4) is 0 Å². The number of fused-ring (bicyclic) bond motifs is 1. The third kappa shape index (κ3) is 3.63. The number of carbonyl (C=O) groups is 1. The van der Waals surface area contributed by atoms with Gasteiger partial charge in [0.05, 0.1) is 19.4 Å². The zero-order chi connectivity index (χ0) is 24.0. The summed E-state index contributed by atoms with van der Waals surface area (Å²) in [7, 11) is 1.63. The van der Waals surface area contributed by atoms with E-state index < -0.39 is 0 Å². The van der Waals surface area contributed by atoms with E-state index in [2.05, 4.69) is 15.3 Å². The number of nitrogens with zero attached hydrogens (tertiary/aromatic N) is 4. The summed E-state index contributed by atoms with van der Waals surface area (Å²) in [5, 5.41) is 8.37. The van der Waals surface area contributed by atoms with E-state index >= 15 is 0 Å². The number of anilines is 1. The highest BCUT2D eigenvalue weighted by Gasteiger charge is 2.39. The van der Waals surface area contributed by atoms with Gasteiger partial charge in [0.25, 0.3) is 5.95 Å². The van der Waals surface area contributed by atoms with Crippen molar-refractivity contribution >= 4 is 11.6 Å². The quantitative estimate of drug-likeness (QED) is 0.598. The van der Waals surface area contributed by atoms with E-state index in [-0.39, 0.29) is 11.7 Å². The van der Waals surface area contributed by atoms with Crippen LogP contribution in [-0.4, -0.2) is 39.2 Å². The molecule has 8 nitrogen and oxygen atoms in total. The van der Waals surface area contributed by atoms with Gasteiger partial charge in [-0.2, -0.15) is 9.78 Å². The molecule has 2 aliphatic rings. The molecule has 1 N–H and O–H groups in total. The lowest BCUT2D eigenvalue weighted by Gasteiger charge is -2.33. The fourth-order valence-electron chi connectivity index (χ4n) is 5.04. The van der Waals surface area contributed by atoms with Crippen molar-refractivity contribution in [3.63, 3.8) is 0 Å². The van der Waals surface area contributed by atoms with Crippen LogP contribution in [0, 0.1) is 20.8 Å². The summed E-state index contributed by atoms with van der Waals surface area (Å²) in [6.45, 7) is 8.35. The molecule has 3 aromatic rings. The molecule has 1 aliphatic carbocycles. The van der Waals surface area contributed by atoms with Crippen molar-refractivity contribution in [3.05, 3.63) is 63.7 Å². The first-order valence-corrected chi connectivity index (χ1v) is 11.7. The van der Waals surface area contributed by atoms with Gasteiger partial charge in [-0.05, 0) is 64.3 Å². The first kappa shape index (κ1) is 22.1. The van der Waals surface area contributed by atoms with Crippen molar-refractivity contribution in [2.75, 3.05) is 19.0 Å². The number of ether oxygens (including phenoxy) is 2. The Labute approximate surface area is 199 Å². The summed E-state index contributed by atoms with van der Waals surface area (Å²) >= 11 is 0. The molecule has 1 aromatic carbocycles. The molecule has 8 heteroatoms. The first-order chi connectivity index (χ1) is 16.4. The van der Waals surface area contributed by atoms with E-state index in [1.54, 1.807) is 11.8 Å². The highest BCUT2D eigenvalue weighted by atomic mass is 16.5. The molecular formula is C26H29N5O3. The minimum absolute atomic E-state index is 0.173. The second-order valence-electron chi connectivity index (χ2n) is 8.78. The molecule has 0 amide bonds. The Bertz CT molecular complexity index is 1300. The predicted molar refractivity (Wildman–Crippen MR) is 129 cm³/mol. The number of hydrogen-bond donors (Lipinski definition) is 1. The molecule has 1 atom stereocenters. The van der Waals surface area contributed by atoms with Gasteiger partial charge in [-0.25, -0.2) is 9.97 Å². The molecule has 1 aliphatic heterocycles. The smallest absolute Gasteiger partial charge is 0.252 e. The van der Waals surface area contributed by atoms with Crippen LogP contribution in [0.1, 0.15) is 60.3 Å². The maximum absolute atomic E-state index is 13.2. The first-order valence-electron chi connectivity index (χ1n) is 11.7. The van der Waals surface area contributed by atoms with Crippen LogP contribution in [0.4, 0.5) is 5.82 Å². The number of rotatable bonds is 5. The molecule has 0 radical (unpaired) electrons. The molecule has 176 valence electrons. The Kier molecular flexibility index (Phi) is 5.59. The van der Waals surface area contributed by atoms with Gasteiger partial charge in [0, 0.05) is 40.6 Å². The Morgan fingerprint density at radius 1 is 1.09 bits per heavy atom.